The average molecular weight is 215 g/mol. The Morgan fingerprint density at radius 1 is 1.12 bits per heavy atom. The first-order valence-electron chi connectivity index (χ1n) is 6.13. The number of unbranched alkanes of at least 4 members (excludes halogenated alkanes) is 3. The summed E-state index contributed by atoms with van der Waals surface area (Å²) in [5.41, 5.74) is 1.19. The normalized spacial score (nSPS) is 17.9. The Balaban J connectivity index is 1.84. The van der Waals surface area contributed by atoms with Gasteiger partial charge < -0.3 is 4.74 Å². The van der Waals surface area contributed by atoms with Crippen molar-refractivity contribution in [2.45, 2.75) is 38.2 Å². The Labute approximate surface area is 98.1 Å². The summed E-state index contributed by atoms with van der Waals surface area (Å²) in [5.74, 6) is 1.02. The van der Waals surface area contributed by atoms with Crippen molar-refractivity contribution >= 4 is 6.08 Å². The minimum absolute atomic E-state index is 0.264. The fourth-order valence-corrected chi connectivity index (χ4v) is 1.99. The zero-order valence-electron chi connectivity index (χ0n) is 9.69. The Morgan fingerprint density at radius 2 is 2.00 bits per heavy atom. The zero-order valence-corrected chi connectivity index (χ0v) is 9.69. The molecular weight excluding hydrogens is 196 g/mol. The van der Waals surface area contributed by atoms with Gasteiger partial charge in [0.15, 0.2) is 0 Å². The molecule has 0 fully saturated rings. The molecule has 0 aromatic heterocycles. The molecular formula is C15H19O. The van der Waals surface area contributed by atoms with E-state index in [0.717, 1.165) is 18.6 Å². The number of hydrogen-bond donors (Lipinski definition) is 0. The third-order valence-corrected chi connectivity index (χ3v) is 2.93. The molecule has 0 bridgehead atoms. The lowest BCUT2D eigenvalue weighted by molar-refractivity contribution is 0.230. The second kappa shape index (κ2) is 5.74. The summed E-state index contributed by atoms with van der Waals surface area (Å²) in [5, 5.41) is 0. The molecule has 2 rings (SSSR count). The summed E-state index contributed by atoms with van der Waals surface area (Å²) in [6, 6.07) is 8.20. The number of rotatable bonds is 5. The highest BCUT2D eigenvalue weighted by Gasteiger charge is 2.13. The number of ether oxygens (including phenoxy) is 1. The van der Waals surface area contributed by atoms with Gasteiger partial charge in [-0.2, -0.15) is 0 Å². The number of benzene rings is 1. The van der Waals surface area contributed by atoms with Gasteiger partial charge in [-0.15, -0.1) is 0 Å². The Morgan fingerprint density at radius 3 is 2.88 bits per heavy atom. The van der Waals surface area contributed by atoms with E-state index in [2.05, 4.69) is 25.1 Å². The van der Waals surface area contributed by atoms with Gasteiger partial charge >= 0.3 is 0 Å². The van der Waals surface area contributed by atoms with Gasteiger partial charge in [-0.1, -0.05) is 50.5 Å². The van der Waals surface area contributed by atoms with Crippen LogP contribution in [0.1, 0.15) is 37.7 Å². The lowest BCUT2D eigenvalue weighted by atomic mass is 10.0. The van der Waals surface area contributed by atoms with Crippen LogP contribution in [0.15, 0.2) is 30.3 Å². The van der Waals surface area contributed by atoms with Crippen molar-refractivity contribution in [3.8, 4) is 5.75 Å². The minimum atomic E-state index is 0.264. The standard InChI is InChI=1S/C15H19O/c1-2-3-4-5-9-14-12-11-13-8-6-7-10-15(13)16-14/h6-8,10-12,14H,1-5,9H2. The van der Waals surface area contributed by atoms with E-state index in [4.69, 9.17) is 4.74 Å². The van der Waals surface area contributed by atoms with Crippen LogP contribution < -0.4 is 4.74 Å². The van der Waals surface area contributed by atoms with Gasteiger partial charge in [0.05, 0.1) is 0 Å². The van der Waals surface area contributed by atoms with E-state index >= 15 is 0 Å². The molecule has 0 N–H and O–H groups in total. The number of para-hydroxylation sites is 1. The van der Waals surface area contributed by atoms with E-state index in [-0.39, 0.29) is 6.10 Å². The number of fused-ring (bicyclic) bond motifs is 1. The molecule has 1 aromatic carbocycles. The topological polar surface area (TPSA) is 9.23 Å². The van der Waals surface area contributed by atoms with Gasteiger partial charge in [-0.3, -0.25) is 0 Å². The van der Waals surface area contributed by atoms with Gasteiger partial charge in [0.25, 0.3) is 0 Å². The first-order chi connectivity index (χ1) is 7.90. The highest BCUT2D eigenvalue weighted by molar-refractivity contribution is 5.59. The van der Waals surface area contributed by atoms with Crippen molar-refractivity contribution in [2.24, 2.45) is 0 Å². The van der Waals surface area contributed by atoms with Crippen LogP contribution in [-0.2, 0) is 0 Å². The third-order valence-electron chi connectivity index (χ3n) is 2.93. The quantitative estimate of drug-likeness (QED) is 0.667. The molecule has 1 atom stereocenters. The summed E-state index contributed by atoms with van der Waals surface area (Å²) in [4.78, 5) is 0. The van der Waals surface area contributed by atoms with E-state index in [1.807, 2.05) is 18.2 Å². The molecule has 1 heterocycles. The van der Waals surface area contributed by atoms with Gasteiger partial charge in [0, 0.05) is 5.56 Å². The second-order valence-electron chi connectivity index (χ2n) is 4.26. The molecule has 1 radical (unpaired) electrons. The van der Waals surface area contributed by atoms with Crippen LogP contribution in [0.3, 0.4) is 0 Å². The first-order valence-corrected chi connectivity index (χ1v) is 6.13. The second-order valence-corrected chi connectivity index (χ2v) is 4.26. The Kier molecular flexibility index (Phi) is 4.03. The van der Waals surface area contributed by atoms with Crippen molar-refractivity contribution in [3.05, 3.63) is 42.8 Å². The Bertz CT molecular complexity index is 354. The molecule has 1 aromatic rings. The van der Waals surface area contributed by atoms with Crippen molar-refractivity contribution in [1.29, 1.82) is 0 Å². The fourth-order valence-electron chi connectivity index (χ4n) is 1.99. The van der Waals surface area contributed by atoms with Crippen molar-refractivity contribution in [1.82, 2.24) is 0 Å². The van der Waals surface area contributed by atoms with E-state index < -0.39 is 0 Å². The average Bonchev–Trinajstić information content (AvgIpc) is 2.34. The van der Waals surface area contributed by atoms with E-state index in [1.165, 1.54) is 24.8 Å². The van der Waals surface area contributed by atoms with Gasteiger partial charge in [-0.05, 0) is 25.0 Å². The van der Waals surface area contributed by atoms with Crippen LogP contribution in [0.2, 0.25) is 0 Å². The Hall–Kier alpha value is -1.24. The highest BCUT2D eigenvalue weighted by Crippen LogP contribution is 2.27. The molecule has 0 amide bonds. The maximum atomic E-state index is 5.91. The van der Waals surface area contributed by atoms with E-state index in [9.17, 15) is 0 Å². The van der Waals surface area contributed by atoms with Crippen LogP contribution in [0.4, 0.5) is 0 Å². The van der Waals surface area contributed by atoms with Crippen molar-refractivity contribution in [2.75, 3.05) is 0 Å². The molecule has 16 heavy (non-hydrogen) atoms. The monoisotopic (exact) mass is 215 g/mol. The van der Waals surface area contributed by atoms with Crippen LogP contribution >= 0.6 is 0 Å². The van der Waals surface area contributed by atoms with Crippen LogP contribution in [0.5, 0.6) is 5.75 Å². The van der Waals surface area contributed by atoms with Crippen LogP contribution in [0.25, 0.3) is 6.08 Å². The SMILES string of the molecule is [CH2]CCCCCC1C=Cc2ccccc2O1. The molecule has 0 aliphatic carbocycles. The van der Waals surface area contributed by atoms with Gasteiger partial charge in [0.2, 0.25) is 0 Å². The number of hydrogen-bond acceptors (Lipinski definition) is 1. The molecule has 1 nitrogen and oxygen atoms in total. The molecule has 1 aliphatic heterocycles. The van der Waals surface area contributed by atoms with Crippen molar-refractivity contribution in [3.63, 3.8) is 0 Å². The lowest BCUT2D eigenvalue weighted by Gasteiger charge is -2.21. The third kappa shape index (κ3) is 2.88. The minimum Gasteiger partial charge on any atom is -0.486 e. The molecule has 0 saturated heterocycles. The molecule has 1 unspecified atom stereocenters. The molecule has 0 saturated carbocycles. The van der Waals surface area contributed by atoms with Gasteiger partial charge in [-0.25, -0.2) is 0 Å². The molecule has 1 heteroatoms. The van der Waals surface area contributed by atoms with Crippen molar-refractivity contribution < 1.29 is 4.74 Å². The fraction of sp³-hybridized carbons (Fsp3) is 0.400. The molecule has 1 aliphatic rings. The van der Waals surface area contributed by atoms with E-state index in [1.54, 1.807) is 0 Å². The summed E-state index contributed by atoms with van der Waals surface area (Å²) in [6.45, 7) is 3.85. The lowest BCUT2D eigenvalue weighted by Crippen LogP contribution is -2.16. The summed E-state index contributed by atoms with van der Waals surface area (Å²) < 4.78 is 5.91. The van der Waals surface area contributed by atoms with Gasteiger partial charge in [0.1, 0.15) is 11.9 Å². The largest absolute Gasteiger partial charge is 0.486 e. The molecule has 0 spiro atoms. The smallest absolute Gasteiger partial charge is 0.127 e. The maximum absolute atomic E-state index is 5.91. The molecule has 85 valence electrons. The first kappa shape index (κ1) is 11.3. The predicted octanol–water partition coefficient (Wildman–Crippen LogP) is 4.25. The predicted molar refractivity (Wildman–Crippen MR) is 68.3 cm³/mol. The zero-order chi connectivity index (χ0) is 11.2. The van der Waals surface area contributed by atoms with Crippen LogP contribution in [0, 0.1) is 6.92 Å². The summed E-state index contributed by atoms with van der Waals surface area (Å²) in [7, 11) is 0. The summed E-state index contributed by atoms with van der Waals surface area (Å²) in [6.07, 6.45) is 10.5. The maximum Gasteiger partial charge on any atom is 0.127 e. The summed E-state index contributed by atoms with van der Waals surface area (Å²) >= 11 is 0. The van der Waals surface area contributed by atoms with Crippen LogP contribution in [-0.4, -0.2) is 6.10 Å². The van der Waals surface area contributed by atoms with E-state index in [0.29, 0.717) is 0 Å². The highest BCUT2D eigenvalue weighted by atomic mass is 16.5.